The van der Waals surface area contributed by atoms with Gasteiger partial charge in [0.15, 0.2) is 0 Å². The van der Waals surface area contributed by atoms with Gasteiger partial charge in [-0.25, -0.2) is 4.98 Å². The summed E-state index contributed by atoms with van der Waals surface area (Å²) in [4.78, 5) is 17.8. The number of pyridine rings is 1. The number of aromatic nitrogens is 1. The lowest BCUT2D eigenvalue weighted by atomic mass is 10.1. The number of hydrogen-bond acceptors (Lipinski definition) is 5. The first-order valence-corrected chi connectivity index (χ1v) is 10.1. The number of alkyl halides is 3. The van der Waals surface area contributed by atoms with E-state index in [9.17, 15) is 18.0 Å². The molecule has 0 aliphatic heterocycles. The normalized spacial score (nSPS) is 11.3. The van der Waals surface area contributed by atoms with E-state index in [-0.39, 0.29) is 5.75 Å². The molecule has 2 aromatic carbocycles. The highest BCUT2D eigenvalue weighted by atomic mass is 32.2. The monoisotopic (exact) mass is 448 g/mol. The van der Waals surface area contributed by atoms with Gasteiger partial charge in [-0.05, 0) is 48.5 Å². The van der Waals surface area contributed by atoms with Gasteiger partial charge in [-0.1, -0.05) is 12.1 Å². The number of nitrogens with zero attached hydrogens (tertiary/aromatic N) is 2. The van der Waals surface area contributed by atoms with Gasteiger partial charge in [0.05, 0.1) is 24.1 Å². The number of carbonyl (C=O) groups is 1. The number of aliphatic carboxylic acids is 1. The molecule has 0 fully saturated rings. The summed E-state index contributed by atoms with van der Waals surface area (Å²) in [5.41, 5.74) is 1.82. The van der Waals surface area contributed by atoms with Crippen LogP contribution in [0.2, 0.25) is 0 Å². The van der Waals surface area contributed by atoms with Crippen LogP contribution in [0.25, 0.3) is 11.3 Å². The number of ether oxygens (including phenoxy) is 1. The summed E-state index contributed by atoms with van der Waals surface area (Å²) in [6, 6.07) is 15.7. The Bertz CT molecular complexity index is 1060. The zero-order valence-electron chi connectivity index (χ0n) is 16.7. The van der Waals surface area contributed by atoms with E-state index in [2.05, 4.69) is 4.98 Å². The maximum absolute atomic E-state index is 12.8. The van der Waals surface area contributed by atoms with Gasteiger partial charge in [0.25, 0.3) is 0 Å². The lowest BCUT2D eigenvalue weighted by Gasteiger charge is -2.22. The van der Waals surface area contributed by atoms with E-state index in [0.717, 1.165) is 22.7 Å². The summed E-state index contributed by atoms with van der Waals surface area (Å²) in [7, 11) is 3.30. The van der Waals surface area contributed by atoms with Crippen molar-refractivity contribution in [1.82, 2.24) is 4.98 Å². The van der Waals surface area contributed by atoms with Gasteiger partial charge in [-0.2, -0.15) is 13.2 Å². The molecule has 9 heteroatoms. The molecule has 0 saturated heterocycles. The maximum atomic E-state index is 12.8. The lowest BCUT2D eigenvalue weighted by Crippen LogP contribution is -2.11. The van der Waals surface area contributed by atoms with Crippen molar-refractivity contribution in [1.29, 1.82) is 0 Å². The van der Waals surface area contributed by atoms with Crippen LogP contribution < -0.4 is 9.64 Å². The second-order valence-corrected chi connectivity index (χ2v) is 7.58. The van der Waals surface area contributed by atoms with Crippen LogP contribution in [0.3, 0.4) is 0 Å². The van der Waals surface area contributed by atoms with Gasteiger partial charge in [0, 0.05) is 23.2 Å². The van der Waals surface area contributed by atoms with Crippen LogP contribution in [0, 0.1) is 0 Å². The van der Waals surface area contributed by atoms with Gasteiger partial charge in [0.2, 0.25) is 5.88 Å². The van der Waals surface area contributed by atoms with E-state index >= 15 is 0 Å². The van der Waals surface area contributed by atoms with Gasteiger partial charge in [-0.15, -0.1) is 11.8 Å². The maximum Gasteiger partial charge on any atom is 0.416 e. The molecule has 3 aromatic rings. The molecule has 0 saturated carbocycles. The molecule has 0 unspecified atom stereocenters. The number of anilines is 2. The third kappa shape index (κ3) is 5.49. The molecular formula is C22H19F3N2O3S. The molecule has 3 rings (SSSR count). The van der Waals surface area contributed by atoms with Gasteiger partial charge < -0.3 is 14.7 Å². The van der Waals surface area contributed by atoms with E-state index < -0.39 is 17.7 Å². The van der Waals surface area contributed by atoms with Crippen LogP contribution in [-0.4, -0.2) is 36.0 Å². The van der Waals surface area contributed by atoms with Crippen LogP contribution in [-0.2, 0) is 11.0 Å². The predicted molar refractivity (Wildman–Crippen MR) is 114 cm³/mol. The fourth-order valence-electron chi connectivity index (χ4n) is 2.88. The molecule has 1 heterocycles. The molecule has 1 N–H and O–H groups in total. The van der Waals surface area contributed by atoms with Crippen molar-refractivity contribution in [2.45, 2.75) is 11.1 Å². The minimum atomic E-state index is -4.39. The smallest absolute Gasteiger partial charge is 0.416 e. The van der Waals surface area contributed by atoms with Crippen molar-refractivity contribution in [2.75, 3.05) is 24.8 Å². The summed E-state index contributed by atoms with van der Waals surface area (Å²) in [6.07, 6.45) is -4.39. The number of benzene rings is 2. The molecule has 0 amide bonds. The van der Waals surface area contributed by atoms with Crippen molar-refractivity contribution in [3.8, 4) is 17.1 Å². The molecule has 0 radical (unpaired) electrons. The molecule has 31 heavy (non-hydrogen) atoms. The Morgan fingerprint density at radius 2 is 1.71 bits per heavy atom. The van der Waals surface area contributed by atoms with Crippen molar-refractivity contribution in [3.05, 3.63) is 66.2 Å². The lowest BCUT2D eigenvalue weighted by molar-refractivity contribution is -0.137. The van der Waals surface area contributed by atoms with Crippen molar-refractivity contribution >= 4 is 29.1 Å². The van der Waals surface area contributed by atoms with Crippen molar-refractivity contribution in [2.24, 2.45) is 0 Å². The van der Waals surface area contributed by atoms with Crippen LogP contribution in [0.4, 0.5) is 24.5 Å². The van der Waals surface area contributed by atoms with Crippen molar-refractivity contribution in [3.63, 3.8) is 0 Å². The quantitative estimate of drug-likeness (QED) is 0.467. The van der Waals surface area contributed by atoms with E-state index in [4.69, 9.17) is 9.84 Å². The second kappa shape index (κ2) is 9.30. The van der Waals surface area contributed by atoms with E-state index in [0.29, 0.717) is 22.8 Å². The van der Waals surface area contributed by atoms with Gasteiger partial charge in [0.1, 0.15) is 5.69 Å². The summed E-state index contributed by atoms with van der Waals surface area (Å²) < 4.78 is 43.8. The topological polar surface area (TPSA) is 62.7 Å². The van der Waals surface area contributed by atoms with E-state index in [1.807, 2.05) is 36.2 Å². The fraction of sp³-hybridized carbons (Fsp3) is 0.182. The number of carboxylic acid groups (broad SMARTS) is 1. The third-order valence-corrected chi connectivity index (χ3v) is 5.49. The number of rotatable bonds is 7. The highest BCUT2D eigenvalue weighted by Crippen LogP contribution is 2.35. The van der Waals surface area contributed by atoms with E-state index in [1.54, 1.807) is 12.1 Å². The Kier molecular flexibility index (Phi) is 6.74. The standard InChI is InChI=1S/C22H19F3N2O3S/c1-27(16-7-9-17(10-8-16)31-13-20(28)29)19-12-11-18(26-21(19)30-2)14-3-5-15(6-4-14)22(23,24)25/h3-12H,13H2,1-2H3,(H,28,29). The number of hydrogen-bond donors (Lipinski definition) is 1. The molecule has 0 aliphatic carbocycles. The third-order valence-electron chi connectivity index (χ3n) is 4.49. The van der Waals surface area contributed by atoms with Crippen LogP contribution in [0.5, 0.6) is 5.88 Å². The molecule has 0 bridgehead atoms. The zero-order chi connectivity index (χ0) is 22.6. The number of thioether (sulfide) groups is 1. The highest BCUT2D eigenvalue weighted by Gasteiger charge is 2.30. The number of halogens is 3. The Hall–Kier alpha value is -3.20. The van der Waals surface area contributed by atoms with Gasteiger partial charge >= 0.3 is 12.1 Å². The predicted octanol–water partition coefficient (Wildman–Crippen LogP) is 5.72. The summed E-state index contributed by atoms with van der Waals surface area (Å²) in [5, 5.41) is 8.78. The summed E-state index contributed by atoms with van der Waals surface area (Å²) >= 11 is 1.23. The Labute approximate surface area is 181 Å². The Morgan fingerprint density at radius 3 is 2.26 bits per heavy atom. The summed E-state index contributed by atoms with van der Waals surface area (Å²) in [6.45, 7) is 0. The molecule has 1 aromatic heterocycles. The molecule has 0 spiro atoms. The average molecular weight is 448 g/mol. The summed E-state index contributed by atoms with van der Waals surface area (Å²) in [5.74, 6) is -0.572. The number of methoxy groups -OCH3 is 1. The molecule has 5 nitrogen and oxygen atoms in total. The largest absolute Gasteiger partial charge is 0.481 e. The molecule has 0 aliphatic rings. The fourth-order valence-corrected chi connectivity index (χ4v) is 3.50. The van der Waals surface area contributed by atoms with Crippen LogP contribution in [0.15, 0.2) is 65.6 Å². The first kappa shape index (κ1) is 22.5. The second-order valence-electron chi connectivity index (χ2n) is 6.54. The van der Waals surface area contributed by atoms with Crippen LogP contribution in [0.1, 0.15) is 5.56 Å². The molecule has 162 valence electrons. The highest BCUT2D eigenvalue weighted by molar-refractivity contribution is 8.00. The Morgan fingerprint density at radius 1 is 1.06 bits per heavy atom. The first-order valence-electron chi connectivity index (χ1n) is 9.10. The molecular weight excluding hydrogens is 429 g/mol. The average Bonchev–Trinajstić information content (AvgIpc) is 2.76. The minimum Gasteiger partial charge on any atom is -0.481 e. The Balaban J connectivity index is 1.83. The van der Waals surface area contributed by atoms with Gasteiger partial charge in [-0.3, -0.25) is 4.79 Å². The SMILES string of the molecule is COc1nc(-c2ccc(C(F)(F)F)cc2)ccc1N(C)c1ccc(SCC(=O)O)cc1. The minimum absolute atomic E-state index is 0.0155. The van der Waals surface area contributed by atoms with Crippen LogP contribution >= 0.6 is 11.8 Å². The molecule has 0 atom stereocenters. The van der Waals surface area contributed by atoms with Crippen molar-refractivity contribution < 1.29 is 27.8 Å². The van der Waals surface area contributed by atoms with E-state index in [1.165, 1.54) is 31.0 Å². The number of carboxylic acids is 1. The first-order chi connectivity index (χ1) is 14.7. The zero-order valence-corrected chi connectivity index (χ0v) is 17.5.